The number of hydrogen-bond acceptors (Lipinski definition) is 5. The molecule has 18 heavy (non-hydrogen) atoms. The van der Waals surface area contributed by atoms with Crippen molar-refractivity contribution in [2.24, 2.45) is 0 Å². The molecule has 0 spiro atoms. The lowest BCUT2D eigenvalue weighted by Crippen LogP contribution is -2.06. The maximum atomic E-state index is 5.85. The number of nitrogens with zero attached hydrogens (tertiary/aromatic N) is 3. The van der Waals surface area contributed by atoms with Crippen molar-refractivity contribution in [2.75, 3.05) is 17.2 Å². The first kappa shape index (κ1) is 12.6. The van der Waals surface area contributed by atoms with E-state index >= 15 is 0 Å². The van der Waals surface area contributed by atoms with Crippen LogP contribution in [0.2, 0.25) is 5.28 Å². The first-order valence-corrected chi connectivity index (χ1v) is 6.05. The molecule has 0 aliphatic carbocycles. The van der Waals surface area contributed by atoms with E-state index in [1.165, 1.54) is 0 Å². The smallest absolute Gasteiger partial charge is 0.233 e. The van der Waals surface area contributed by atoms with Gasteiger partial charge < -0.3 is 10.6 Å². The molecule has 0 bridgehead atoms. The molecule has 0 saturated heterocycles. The lowest BCUT2D eigenvalue weighted by Gasteiger charge is -2.09. The fourth-order valence-corrected chi connectivity index (χ4v) is 1.64. The van der Waals surface area contributed by atoms with Crippen molar-refractivity contribution >= 4 is 29.2 Å². The standard InChI is InChI=1S/C12H14ClN5/c1-3-14-11-16-10(13)17-12(18-11)15-9-7-5-4-6-8(9)2/h4-7H,3H2,1-2H3,(H2,14,15,16,17,18). The largest absolute Gasteiger partial charge is 0.354 e. The summed E-state index contributed by atoms with van der Waals surface area (Å²) in [6, 6.07) is 7.89. The third kappa shape index (κ3) is 3.07. The van der Waals surface area contributed by atoms with Gasteiger partial charge in [-0.1, -0.05) is 18.2 Å². The Morgan fingerprint density at radius 3 is 2.56 bits per heavy atom. The quantitative estimate of drug-likeness (QED) is 0.888. The van der Waals surface area contributed by atoms with Gasteiger partial charge in [0.05, 0.1) is 0 Å². The molecular formula is C12H14ClN5. The second-order valence-electron chi connectivity index (χ2n) is 3.72. The van der Waals surface area contributed by atoms with Gasteiger partial charge in [-0.05, 0) is 37.1 Å². The molecule has 0 radical (unpaired) electrons. The Morgan fingerprint density at radius 2 is 1.83 bits per heavy atom. The van der Waals surface area contributed by atoms with Crippen molar-refractivity contribution in [3.05, 3.63) is 35.1 Å². The summed E-state index contributed by atoms with van der Waals surface area (Å²) in [5.41, 5.74) is 2.06. The van der Waals surface area contributed by atoms with Crippen LogP contribution < -0.4 is 10.6 Å². The van der Waals surface area contributed by atoms with Gasteiger partial charge in [0.2, 0.25) is 17.2 Å². The van der Waals surface area contributed by atoms with Crippen molar-refractivity contribution in [1.82, 2.24) is 15.0 Å². The molecule has 0 unspecified atom stereocenters. The minimum absolute atomic E-state index is 0.164. The number of benzene rings is 1. The van der Waals surface area contributed by atoms with Gasteiger partial charge in [0.1, 0.15) is 0 Å². The van der Waals surface area contributed by atoms with Crippen LogP contribution in [0.4, 0.5) is 17.6 Å². The van der Waals surface area contributed by atoms with E-state index in [-0.39, 0.29) is 5.28 Å². The highest BCUT2D eigenvalue weighted by Gasteiger charge is 2.05. The fraction of sp³-hybridized carbons (Fsp3) is 0.250. The Morgan fingerprint density at radius 1 is 1.11 bits per heavy atom. The van der Waals surface area contributed by atoms with E-state index < -0.39 is 0 Å². The van der Waals surface area contributed by atoms with Gasteiger partial charge in [-0.3, -0.25) is 0 Å². The molecular weight excluding hydrogens is 250 g/mol. The van der Waals surface area contributed by atoms with E-state index in [1.54, 1.807) is 0 Å². The van der Waals surface area contributed by atoms with Gasteiger partial charge in [-0.25, -0.2) is 0 Å². The van der Waals surface area contributed by atoms with Crippen LogP contribution in [0.1, 0.15) is 12.5 Å². The van der Waals surface area contributed by atoms with Crippen LogP contribution in [0.3, 0.4) is 0 Å². The molecule has 94 valence electrons. The highest BCUT2D eigenvalue weighted by Crippen LogP contribution is 2.18. The van der Waals surface area contributed by atoms with E-state index in [4.69, 9.17) is 11.6 Å². The van der Waals surface area contributed by atoms with Gasteiger partial charge in [-0.15, -0.1) is 0 Å². The van der Waals surface area contributed by atoms with E-state index in [0.29, 0.717) is 11.9 Å². The third-order valence-electron chi connectivity index (χ3n) is 2.33. The van der Waals surface area contributed by atoms with Crippen LogP contribution in [0, 0.1) is 6.92 Å². The van der Waals surface area contributed by atoms with Crippen molar-refractivity contribution < 1.29 is 0 Å². The van der Waals surface area contributed by atoms with Crippen LogP contribution >= 0.6 is 11.6 Å². The molecule has 5 nitrogen and oxygen atoms in total. The maximum Gasteiger partial charge on any atom is 0.233 e. The minimum atomic E-state index is 0.164. The number of nitrogens with one attached hydrogen (secondary N) is 2. The Labute approximate surface area is 111 Å². The Kier molecular flexibility index (Phi) is 3.94. The highest BCUT2D eigenvalue weighted by atomic mass is 35.5. The SMILES string of the molecule is CCNc1nc(Cl)nc(Nc2ccccc2C)n1. The third-order valence-corrected chi connectivity index (χ3v) is 2.50. The molecule has 0 fully saturated rings. The molecule has 2 aromatic rings. The zero-order chi connectivity index (χ0) is 13.0. The van der Waals surface area contributed by atoms with Gasteiger partial charge in [0.25, 0.3) is 0 Å². The number of rotatable bonds is 4. The zero-order valence-electron chi connectivity index (χ0n) is 10.2. The van der Waals surface area contributed by atoms with E-state index in [1.807, 2.05) is 38.1 Å². The number of aryl methyl sites for hydroxylation is 1. The van der Waals surface area contributed by atoms with Gasteiger partial charge in [-0.2, -0.15) is 15.0 Å². The summed E-state index contributed by atoms with van der Waals surface area (Å²) < 4.78 is 0. The monoisotopic (exact) mass is 263 g/mol. The van der Waals surface area contributed by atoms with Crippen molar-refractivity contribution in [3.63, 3.8) is 0 Å². The average molecular weight is 264 g/mol. The van der Waals surface area contributed by atoms with Crippen LogP contribution in [0.5, 0.6) is 0 Å². The van der Waals surface area contributed by atoms with Gasteiger partial charge in [0, 0.05) is 12.2 Å². The Hall–Kier alpha value is -1.88. The summed E-state index contributed by atoms with van der Waals surface area (Å²) in [5, 5.41) is 6.29. The summed E-state index contributed by atoms with van der Waals surface area (Å²) in [4.78, 5) is 12.3. The number of anilines is 3. The summed E-state index contributed by atoms with van der Waals surface area (Å²) in [6.07, 6.45) is 0. The molecule has 6 heteroatoms. The average Bonchev–Trinajstić information content (AvgIpc) is 2.32. The molecule has 1 aromatic heterocycles. The van der Waals surface area contributed by atoms with Crippen LogP contribution in [0.25, 0.3) is 0 Å². The number of halogens is 1. The van der Waals surface area contributed by atoms with E-state index in [9.17, 15) is 0 Å². The molecule has 0 aliphatic rings. The van der Waals surface area contributed by atoms with Crippen LogP contribution in [0.15, 0.2) is 24.3 Å². The molecule has 2 N–H and O–H groups in total. The van der Waals surface area contributed by atoms with Crippen LogP contribution in [-0.4, -0.2) is 21.5 Å². The molecule has 0 amide bonds. The minimum Gasteiger partial charge on any atom is -0.354 e. The molecule has 0 aliphatic heterocycles. The predicted molar refractivity (Wildman–Crippen MR) is 73.5 cm³/mol. The number of aromatic nitrogens is 3. The Balaban J connectivity index is 2.26. The summed E-state index contributed by atoms with van der Waals surface area (Å²) in [5.74, 6) is 0.897. The summed E-state index contributed by atoms with van der Waals surface area (Å²) in [6.45, 7) is 4.70. The lowest BCUT2D eigenvalue weighted by atomic mass is 10.2. The van der Waals surface area contributed by atoms with Gasteiger partial charge in [0.15, 0.2) is 0 Å². The molecule has 2 rings (SSSR count). The zero-order valence-corrected chi connectivity index (χ0v) is 11.0. The van der Waals surface area contributed by atoms with E-state index in [2.05, 4.69) is 25.6 Å². The van der Waals surface area contributed by atoms with Crippen molar-refractivity contribution in [1.29, 1.82) is 0 Å². The van der Waals surface area contributed by atoms with E-state index in [0.717, 1.165) is 17.8 Å². The molecule has 1 aromatic carbocycles. The molecule has 0 saturated carbocycles. The number of hydrogen-bond donors (Lipinski definition) is 2. The highest BCUT2D eigenvalue weighted by molar-refractivity contribution is 6.28. The fourth-order valence-electron chi connectivity index (χ4n) is 1.48. The van der Waals surface area contributed by atoms with Crippen molar-refractivity contribution in [3.8, 4) is 0 Å². The molecule has 1 heterocycles. The normalized spacial score (nSPS) is 10.2. The predicted octanol–water partition coefficient (Wildman–Crippen LogP) is 3.01. The second kappa shape index (κ2) is 5.64. The number of para-hydroxylation sites is 1. The van der Waals surface area contributed by atoms with Crippen molar-refractivity contribution in [2.45, 2.75) is 13.8 Å². The topological polar surface area (TPSA) is 62.7 Å². The second-order valence-corrected chi connectivity index (χ2v) is 4.06. The summed E-state index contributed by atoms with van der Waals surface area (Å²) in [7, 11) is 0. The van der Waals surface area contributed by atoms with Crippen LogP contribution in [-0.2, 0) is 0 Å². The first-order valence-electron chi connectivity index (χ1n) is 5.67. The summed E-state index contributed by atoms with van der Waals surface area (Å²) >= 11 is 5.85. The van der Waals surface area contributed by atoms with Gasteiger partial charge >= 0.3 is 0 Å². The first-order chi connectivity index (χ1) is 8.69. The Bertz CT molecular complexity index is 544. The maximum absolute atomic E-state index is 5.85. The lowest BCUT2D eigenvalue weighted by molar-refractivity contribution is 1.02. The molecule has 0 atom stereocenters.